The van der Waals surface area contributed by atoms with Gasteiger partial charge < -0.3 is 9.47 Å². The van der Waals surface area contributed by atoms with Crippen LogP contribution in [0.1, 0.15) is 66.2 Å². The van der Waals surface area contributed by atoms with E-state index in [0.29, 0.717) is 6.42 Å². The molecule has 0 aromatic carbocycles. The Balaban J connectivity index is 1.92. The zero-order valence-corrected chi connectivity index (χ0v) is 15.6. The second-order valence-corrected chi connectivity index (χ2v) is 10.00. The molecule has 4 rings (SSSR count). The molecule has 24 heavy (non-hydrogen) atoms. The van der Waals surface area contributed by atoms with Crippen molar-refractivity contribution >= 4 is 11.9 Å². The van der Waals surface area contributed by atoms with Crippen molar-refractivity contribution in [3.05, 3.63) is 0 Å². The van der Waals surface area contributed by atoms with Gasteiger partial charge >= 0.3 is 11.9 Å². The molecule has 1 saturated heterocycles. The van der Waals surface area contributed by atoms with Crippen LogP contribution in [0, 0.1) is 34.0 Å². The molecule has 4 nitrogen and oxygen atoms in total. The van der Waals surface area contributed by atoms with Crippen molar-refractivity contribution in [3.63, 3.8) is 0 Å². The molecule has 4 fully saturated rings. The van der Waals surface area contributed by atoms with Crippen LogP contribution in [0.4, 0.5) is 0 Å². The summed E-state index contributed by atoms with van der Waals surface area (Å²) in [6.45, 7) is 8.94. The van der Waals surface area contributed by atoms with Gasteiger partial charge in [-0.15, -0.1) is 0 Å². The average molecular weight is 334 g/mol. The van der Waals surface area contributed by atoms with Crippen molar-refractivity contribution in [2.45, 2.75) is 71.8 Å². The fourth-order valence-corrected chi connectivity index (χ4v) is 7.48. The quantitative estimate of drug-likeness (QED) is 0.686. The van der Waals surface area contributed by atoms with Crippen LogP contribution in [0.25, 0.3) is 0 Å². The van der Waals surface area contributed by atoms with Crippen LogP contribution in [-0.2, 0) is 19.1 Å². The van der Waals surface area contributed by atoms with Crippen molar-refractivity contribution in [1.82, 2.24) is 0 Å². The predicted molar refractivity (Wildman–Crippen MR) is 89.0 cm³/mol. The third-order valence-electron chi connectivity index (χ3n) is 8.22. The second-order valence-electron chi connectivity index (χ2n) is 10.00. The van der Waals surface area contributed by atoms with Gasteiger partial charge in [0.25, 0.3) is 0 Å². The smallest absolute Gasteiger partial charge is 0.313 e. The monoisotopic (exact) mass is 334 g/mol. The van der Waals surface area contributed by atoms with E-state index in [4.69, 9.17) is 9.47 Å². The summed E-state index contributed by atoms with van der Waals surface area (Å²) in [6, 6.07) is 0. The van der Waals surface area contributed by atoms with Crippen LogP contribution in [0.5, 0.6) is 0 Å². The van der Waals surface area contributed by atoms with Gasteiger partial charge in [-0.3, -0.25) is 9.59 Å². The topological polar surface area (TPSA) is 52.6 Å². The van der Waals surface area contributed by atoms with E-state index in [1.54, 1.807) is 0 Å². The predicted octanol–water partition coefficient (Wildman–Crippen LogP) is 3.72. The largest absolute Gasteiger partial charge is 0.469 e. The molecule has 1 spiro atoms. The van der Waals surface area contributed by atoms with Gasteiger partial charge in [-0.2, -0.15) is 0 Å². The Morgan fingerprint density at radius 1 is 1.17 bits per heavy atom. The summed E-state index contributed by atoms with van der Waals surface area (Å²) in [5.74, 6) is -0.108. The van der Waals surface area contributed by atoms with E-state index in [0.717, 1.165) is 25.7 Å². The van der Waals surface area contributed by atoms with Crippen molar-refractivity contribution in [1.29, 1.82) is 0 Å². The molecule has 4 aliphatic rings. The molecule has 4 heteroatoms. The Labute approximate surface area is 144 Å². The van der Waals surface area contributed by atoms with Crippen LogP contribution < -0.4 is 0 Å². The lowest BCUT2D eigenvalue weighted by molar-refractivity contribution is -0.169. The first-order valence-corrected chi connectivity index (χ1v) is 9.42. The normalized spacial score (nSPS) is 51.5. The summed E-state index contributed by atoms with van der Waals surface area (Å²) in [5.41, 5.74) is -0.953. The highest BCUT2D eigenvalue weighted by Gasteiger charge is 2.78. The van der Waals surface area contributed by atoms with Crippen molar-refractivity contribution in [2.24, 2.45) is 34.0 Å². The van der Waals surface area contributed by atoms with Gasteiger partial charge in [-0.1, -0.05) is 27.2 Å². The first-order chi connectivity index (χ1) is 11.1. The highest BCUT2D eigenvalue weighted by atomic mass is 16.6. The third-order valence-corrected chi connectivity index (χ3v) is 8.22. The van der Waals surface area contributed by atoms with Crippen LogP contribution in [0.2, 0.25) is 0 Å². The maximum atomic E-state index is 12.9. The first-order valence-electron chi connectivity index (χ1n) is 9.42. The standard InChI is InChI=1S/C20H30O4/c1-17(2)8-6-9-19(4)12-7-10-18(3)11-20(12,24-16(18)22)13(14(17)19)15(21)23-5/h12-14H,6-11H2,1-5H3/t12-,13+,14+,18+,19-,20+/m1/s1. The molecule has 3 aliphatic carbocycles. The molecule has 1 heterocycles. The van der Waals surface area contributed by atoms with E-state index in [1.807, 2.05) is 6.92 Å². The third kappa shape index (κ3) is 1.70. The van der Waals surface area contributed by atoms with Gasteiger partial charge in [-0.05, 0) is 49.4 Å². The Bertz CT molecular complexity index is 611. The van der Waals surface area contributed by atoms with Crippen LogP contribution in [0.3, 0.4) is 0 Å². The molecule has 0 aromatic rings. The molecule has 0 amide bonds. The van der Waals surface area contributed by atoms with Crippen LogP contribution >= 0.6 is 0 Å². The number of ether oxygens (including phenoxy) is 2. The number of rotatable bonds is 1. The summed E-state index contributed by atoms with van der Waals surface area (Å²) < 4.78 is 11.4. The average Bonchev–Trinajstić information content (AvgIpc) is 2.83. The Kier molecular flexibility index (Phi) is 3.12. The second kappa shape index (κ2) is 4.56. The number of carbonyl (C=O) groups is 2. The number of hydrogen-bond acceptors (Lipinski definition) is 4. The van der Waals surface area contributed by atoms with Gasteiger partial charge in [0.2, 0.25) is 0 Å². The molecule has 2 bridgehead atoms. The van der Waals surface area contributed by atoms with E-state index in [-0.39, 0.29) is 40.5 Å². The molecule has 0 unspecified atom stereocenters. The van der Waals surface area contributed by atoms with Crippen molar-refractivity contribution in [3.8, 4) is 0 Å². The van der Waals surface area contributed by atoms with Crippen LogP contribution in [0.15, 0.2) is 0 Å². The zero-order valence-electron chi connectivity index (χ0n) is 15.6. The molecule has 6 atom stereocenters. The fourth-order valence-electron chi connectivity index (χ4n) is 7.48. The lowest BCUT2D eigenvalue weighted by Gasteiger charge is -2.50. The molecule has 1 aliphatic heterocycles. The molecular formula is C20H30O4. The maximum absolute atomic E-state index is 12.9. The summed E-state index contributed by atoms with van der Waals surface area (Å²) >= 11 is 0. The minimum atomic E-state index is -0.641. The van der Waals surface area contributed by atoms with E-state index in [1.165, 1.54) is 13.5 Å². The van der Waals surface area contributed by atoms with Gasteiger partial charge in [0, 0.05) is 12.3 Å². The molecule has 3 saturated carbocycles. The molecule has 0 radical (unpaired) electrons. The highest BCUT2D eigenvalue weighted by molar-refractivity contribution is 5.83. The highest BCUT2D eigenvalue weighted by Crippen LogP contribution is 2.74. The van der Waals surface area contributed by atoms with Gasteiger partial charge in [0.1, 0.15) is 11.5 Å². The number of fused-ring (bicyclic) bond motifs is 3. The van der Waals surface area contributed by atoms with Crippen LogP contribution in [-0.4, -0.2) is 24.6 Å². The van der Waals surface area contributed by atoms with Gasteiger partial charge in [0.15, 0.2) is 0 Å². The lowest BCUT2D eigenvalue weighted by Crippen LogP contribution is -2.48. The summed E-state index contributed by atoms with van der Waals surface area (Å²) in [5, 5.41) is 0. The number of methoxy groups -OCH3 is 1. The number of esters is 2. The minimum absolute atomic E-state index is 0.0482. The maximum Gasteiger partial charge on any atom is 0.313 e. The van der Waals surface area contributed by atoms with Crippen molar-refractivity contribution in [2.75, 3.05) is 7.11 Å². The van der Waals surface area contributed by atoms with E-state index >= 15 is 0 Å². The first kappa shape index (κ1) is 16.4. The molecular weight excluding hydrogens is 304 g/mol. The van der Waals surface area contributed by atoms with E-state index in [2.05, 4.69) is 20.8 Å². The number of carbonyl (C=O) groups excluding carboxylic acids is 2. The summed E-state index contributed by atoms with van der Waals surface area (Å²) in [7, 11) is 1.47. The van der Waals surface area contributed by atoms with E-state index in [9.17, 15) is 9.59 Å². The van der Waals surface area contributed by atoms with Gasteiger partial charge in [0.05, 0.1) is 12.5 Å². The van der Waals surface area contributed by atoms with Crippen molar-refractivity contribution < 1.29 is 19.1 Å². The molecule has 0 N–H and O–H groups in total. The van der Waals surface area contributed by atoms with Gasteiger partial charge in [-0.25, -0.2) is 0 Å². The summed E-state index contributed by atoms with van der Waals surface area (Å²) in [4.78, 5) is 25.6. The summed E-state index contributed by atoms with van der Waals surface area (Å²) in [6.07, 6.45) is 5.98. The molecule has 0 aromatic heterocycles. The van der Waals surface area contributed by atoms with E-state index < -0.39 is 11.0 Å². The Morgan fingerprint density at radius 2 is 1.88 bits per heavy atom. The lowest BCUT2D eigenvalue weighted by atomic mass is 9.53. The SMILES string of the molecule is COC(=O)[C@@H]1[C@H]2C(C)(C)CCC[C@]2(C)[C@H]2CC[C@@]3(C)C[C@@]12OC3=O. The zero-order chi connectivity index (χ0) is 17.5. The fraction of sp³-hybridized carbons (Fsp3) is 0.900. The Morgan fingerprint density at radius 3 is 2.54 bits per heavy atom. The molecule has 134 valence electrons. The Hall–Kier alpha value is -1.06. The minimum Gasteiger partial charge on any atom is -0.469 e. The number of hydrogen-bond donors (Lipinski definition) is 0.